The third kappa shape index (κ3) is 3.77. The molecule has 1 atom stereocenters. The molecule has 0 unspecified atom stereocenters. The van der Waals surface area contributed by atoms with Gasteiger partial charge in [0.05, 0.1) is 12.2 Å². The van der Waals surface area contributed by atoms with Crippen molar-refractivity contribution >= 4 is 11.9 Å². The van der Waals surface area contributed by atoms with Crippen LogP contribution >= 0.6 is 0 Å². The molecule has 0 aliphatic carbocycles. The van der Waals surface area contributed by atoms with E-state index < -0.39 is 24.6 Å². The van der Waals surface area contributed by atoms with E-state index in [1.165, 1.54) is 0 Å². The molecule has 0 heterocycles. The second-order valence-electron chi connectivity index (χ2n) is 3.96. The van der Waals surface area contributed by atoms with Crippen LogP contribution in [0.1, 0.15) is 22.8 Å². The number of aryl methyl sites for hydroxylation is 1. The number of hydrogen-bond donors (Lipinski definition) is 2. The minimum atomic E-state index is -1.27. The van der Waals surface area contributed by atoms with Crippen LogP contribution in [0.3, 0.4) is 0 Å². The molecule has 1 rings (SSSR count). The van der Waals surface area contributed by atoms with Crippen molar-refractivity contribution in [2.45, 2.75) is 19.9 Å². The van der Waals surface area contributed by atoms with Gasteiger partial charge in [-0.1, -0.05) is 18.2 Å². The standard InChI is InChI=1S/C13H17NO5/c1-3-14(11(8-15)12(16)17)19-13(18)10-7-5-4-6-9(10)2/h4-7,11,15H,3,8H2,1-2H3,(H,16,17)/t11-/m0/s1. The molecule has 0 aliphatic heterocycles. The Morgan fingerprint density at radius 1 is 1.37 bits per heavy atom. The predicted octanol–water partition coefficient (Wildman–Crippen LogP) is 0.834. The zero-order valence-electron chi connectivity index (χ0n) is 10.9. The molecule has 19 heavy (non-hydrogen) atoms. The number of carboxylic acid groups (broad SMARTS) is 1. The number of benzene rings is 1. The van der Waals surface area contributed by atoms with E-state index in [9.17, 15) is 9.59 Å². The molecule has 0 saturated heterocycles. The van der Waals surface area contributed by atoms with Gasteiger partial charge in [-0.2, -0.15) is 0 Å². The molecule has 0 saturated carbocycles. The maximum absolute atomic E-state index is 11.9. The van der Waals surface area contributed by atoms with Crippen molar-refractivity contribution < 1.29 is 24.6 Å². The number of carbonyl (C=O) groups is 2. The zero-order chi connectivity index (χ0) is 14.4. The molecule has 0 aliphatic rings. The van der Waals surface area contributed by atoms with E-state index in [1.54, 1.807) is 38.1 Å². The number of aliphatic hydroxyl groups is 1. The molecule has 0 aromatic heterocycles. The molecular formula is C13H17NO5. The van der Waals surface area contributed by atoms with Gasteiger partial charge in [-0.15, -0.1) is 5.06 Å². The van der Waals surface area contributed by atoms with Crippen LogP contribution in [0.4, 0.5) is 0 Å². The van der Waals surface area contributed by atoms with E-state index in [4.69, 9.17) is 15.1 Å². The van der Waals surface area contributed by atoms with Crippen LogP contribution in [0, 0.1) is 6.92 Å². The topological polar surface area (TPSA) is 87.1 Å². The largest absolute Gasteiger partial charge is 0.480 e. The Labute approximate surface area is 111 Å². The Morgan fingerprint density at radius 3 is 2.47 bits per heavy atom. The summed E-state index contributed by atoms with van der Waals surface area (Å²) in [4.78, 5) is 27.9. The first kappa shape index (κ1) is 15.1. The minimum Gasteiger partial charge on any atom is -0.480 e. The molecule has 0 fully saturated rings. The quantitative estimate of drug-likeness (QED) is 0.742. The summed E-state index contributed by atoms with van der Waals surface area (Å²) in [6, 6.07) is 5.57. The first-order valence-electron chi connectivity index (χ1n) is 5.89. The predicted molar refractivity (Wildman–Crippen MR) is 67.5 cm³/mol. The highest BCUT2D eigenvalue weighted by Gasteiger charge is 2.27. The summed E-state index contributed by atoms with van der Waals surface area (Å²) in [6.45, 7) is 2.92. The second-order valence-corrected chi connectivity index (χ2v) is 3.96. The summed E-state index contributed by atoms with van der Waals surface area (Å²) in [7, 11) is 0. The summed E-state index contributed by atoms with van der Waals surface area (Å²) in [5, 5.41) is 18.9. The van der Waals surface area contributed by atoms with E-state index in [2.05, 4.69) is 0 Å². The average Bonchev–Trinajstić information content (AvgIpc) is 2.38. The summed E-state index contributed by atoms with van der Waals surface area (Å²) in [5.74, 6) is -1.89. The molecule has 0 radical (unpaired) electrons. The van der Waals surface area contributed by atoms with Crippen molar-refractivity contribution in [2.24, 2.45) is 0 Å². The maximum atomic E-state index is 11.9. The highest BCUT2D eigenvalue weighted by Crippen LogP contribution is 2.11. The fourth-order valence-electron chi connectivity index (χ4n) is 1.60. The van der Waals surface area contributed by atoms with Crippen molar-refractivity contribution in [3.8, 4) is 0 Å². The van der Waals surface area contributed by atoms with E-state index in [0.29, 0.717) is 5.56 Å². The molecule has 1 aromatic carbocycles. The van der Waals surface area contributed by atoms with Crippen molar-refractivity contribution in [1.29, 1.82) is 0 Å². The number of hydroxylamine groups is 2. The van der Waals surface area contributed by atoms with E-state index in [-0.39, 0.29) is 6.54 Å². The summed E-state index contributed by atoms with van der Waals surface area (Å²) in [6.07, 6.45) is 0. The van der Waals surface area contributed by atoms with Crippen LogP contribution in [0.2, 0.25) is 0 Å². The summed E-state index contributed by atoms with van der Waals surface area (Å²) >= 11 is 0. The number of likely N-dealkylation sites (N-methyl/N-ethyl adjacent to an activating group) is 1. The summed E-state index contributed by atoms with van der Waals surface area (Å²) < 4.78 is 0. The highest BCUT2D eigenvalue weighted by molar-refractivity contribution is 5.90. The van der Waals surface area contributed by atoms with E-state index in [1.807, 2.05) is 0 Å². The third-order valence-electron chi connectivity index (χ3n) is 2.68. The number of aliphatic carboxylic acids is 1. The number of carboxylic acids is 1. The van der Waals surface area contributed by atoms with Gasteiger partial charge in [-0.3, -0.25) is 4.79 Å². The van der Waals surface area contributed by atoms with Gasteiger partial charge in [-0.25, -0.2) is 4.79 Å². The molecule has 0 amide bonds. The molecule has 0 spiro atoms. The minimum absolute atomic E-state index is 0.162. The molecule has 6 nitrogen and oxygen atoms in total. The first-order valence-corrected chi connectivity index (χ1v) is 5.89. The van der Waals surface area contributed by atoms with Crippen molar-refractivity contribution in [3.63, 3.8) is 0 Å². The Kier molecular flexibility index (Phi) is 5.47. The van der Waals surface area contributed by atoms with Gasteiger partial charge >= 0.3 is 11.9 Å². The Balaban J connectivity index is 2.84. The van der Waals surface area contributed by atoms with Gasteiger partial charge < -0.3 is 15.1 Å². The fourth-order valence-corrected chi connectivity index (χ4v) is 1.60. The van der Waals surface area contributed by atoms with Crippen LogP contribution in [0.5, 0.6) is 0 Å². The number of hydrogen-bond acceptors (Lipinski definition) is 5. The van der Waals surface area contributed by atoms with Gasteiger partial charge in [0.25, 0.3) is 0 Å². The molecule has 6 heteroatoms. The lowest BCUT2D eigenvalue weighted by Gasteiger charge is -2.24. The lowest BCUT2D eigenvalue weighted by molar-refractivity contribution is -0.175. The third-order valence-corrected chi connectivity index (χ3v) is 2.68. The van der Waals surface area contributed by atoms with E-state index >= 15 is 0 Å². The van der Waals surface area contributed by atoms with Crippen LogP contribution in [-0.4, -0.2) is 46.4 Å². The van der Waals surface area contributed by atoms with Crippen molar-refractivity contribution in [1.82, 2.24) is 5.06 Å². The van der Waals surface area contributed by atoms with E-state index in [0.717, 1.165) is 10.6 Å². The van der Waals surface area contributed by atoms with Crippen LogP contribution in [0.25, 0.3) is 0 Å². The second kappa shape index (κ2) is 6.86. The molecule has 2 N–H and O–H groups in total. The smallest absolute Gasteiger partial charge is 0.357 e. The van der Waals surface area contributed by atoms with Gasteiger partial charge in [0, 0.05) is 6.54 Å². The monoisotopic (exact) mass is 267 g/mol. The van der Waals surface area contributed by atoms with Gasteiger partial charge in [0.1, 0.15) is 0 Å². The van der Waals surface area contributed by atoms with Crippen LogP contribution < -0.4 is 0 Å². The number of nitrogens with zero attached hydrogens (tertiary/aromatic N) is 1. The van der Waals surface area contributed by atoms with Crippen molar-refractivity contribution in [2.75, 3.05) is 13.2 Å². The van der Waals surface area contributed by atoms with Gasteiger partial charge in [0.15, 0.2) is 6.04 Å². The van der Waals surface area contributed by atoms with Crippen LogP contribution in [-0.2, 0) is 9.63 Å². The Morgan fingerprint density at radius 2 is 2.00 bits per heavy atom. The van der Waals surface area contributed by atoms with Gasteiger partial charge in [0.2, 0.25) is 0 Å². The Hall–Kier alpha value is -1.92. The number of rotatable bonds is 6. The number of carbonyl (C=O) groups excluding carboxylic acids is 1. The zero-order valence-corrected chi connectivity index (χ0v) is 10.9. The fraction of sp³-hybridized carbons (Fsp3) is 0.385. The van der Waals surface area contributed by atoms with Gasteiger partial charge in [-0.05, 0) is 25.5 Å². The Bertz CT molecular complexity index is 460. The highest BCUT2D eigenvalue weighted by atomic mass is 16.7. The molecular weight excluding hydrogens is 250 g/mol. The van der Waals surface area contributed by atoms with Crippen molar-refractivity contribution in [3.05, 3.63) is 35.4 Å². The summed E-state index contributed by atoms with van der Waals surface area (Å²) in [5.41, 5.74) is 1.10. The van der Waals surface area contributed by atoms with Crippen LogP contribution in [0.15, 0.2) is 24.3 Å². The molecule has 0 bridgehead atoms. The average molecular weight is 267 g/mol. The lowest BCUT2D eigenvalue weighted by atomic mass is 10.1. The molecule has 104 valence electrons. The first-order chi connectivity index (χ1) is 9.01. The molecule has 1 aromatic rings. The maximum Gasteiger partial charge on any atom is 0.357 e. The lowest BCUT2D eigenvalue weighted by Crippen LogP contribution is -2.44. The SMILES string of the molecule is CCN(OC(=O)c1ccccc1C)[C@@H](CO)C(=O)O. The number of aliphatic hydroxyl groups excluding tert-OH is 1. The normalized spacial score (nSPS) is 12.2.